The lowest BCUT2D eigenvalue weighted by molar-refractivity contribution is 0.0146. The molecule has 1 heterocycles. The van der Waals surface area contributed by atoms with Crippen LogP contribution in [0.5, 0.6) is 0 Å². The molecule has 1 aliphatic heterocycles. The summed E-state index contributed by atoms with van der Waals surface area (Å²) < 4.78 is 6.07. The van der Waals surface area contributed by atoms with E-state index in [0.717, 1.165) is 30.3 Å². The van der Waals surface area contributed by atoms with Crippen LogP contribution >= 0.6 is 0 Å². The van der Waals surface area contributed by atoms with Gasteiger partial charge in [0, 0.05) is 6.61 Å². The van der Waals surface area contributed by atoms with Gasteiger partial charge in [0.1, 0.15) is 0 Å². The highest BCUT2D eigenvalue weighted by molar-refractivity contribution is 5.40. The minimum Gasteiger partial charge on any atom is -0.392 e. The first-order valence-electron chi connectivity index (χ1n) is 11.7. The largest absolute Gasteiger partial charge is 0.392 e. The molecule has 2 nitrogen and oxygen atoms in total. The third kappa shape index (κ3) is 2.91. The van der Waals surface area contributed by atoms with E-state index in [1.165, 1.54) is 56.9 Å². The number of hydrogen-bond acceptors (Lipinski definition) is 2. The van der Waals surface area contributed by atoms with E-state index >= 15 is 0 Å². The summed E-state index contributed by atoms with van der Waals surface area (Å²) >= 11 is 0. The fraction of sp³-hybridized carbons (Fsp3) is 0.692. The van der Waals surface area contributed by atoms with Crippen molar-refractivity contribution in [1.82, 2.24) is 0 Å². The van der Waals surface area contributed by atoms with E-state index in [1.807, 2.05) is 0 Å². The van der Waals surface area contributed by atoms with Gasteiger partial charge in [-0.15, -0.1) is 0 Å². The summed E-state index contributed by atoms with van der Waals surface area (Å²) in [5, 5.41) is 9.49. The molecule has 4 aliphatic rings. The molecule has 1 saturated heterocycles. The first-order chi connectivity index (χ1) is 13.6. The van der Waals surface area contributed by atoms with Crippen LogP contribution in [0.4, 0.5) is 0 Å². The number of hydrogen-bond donors (Lipinski definition) is 1. The summed E-state index contributed by atoms with van der Waals surface area (Å²) in [6.45, 7) is 6.13. The van der Waals surface area contributed by atoms with Gasteiger partial charge in [-0.3, -0.25) is 0 Å². The second-order valence-electron chi connectivity index (χ2n) is 10.2. The smallest absolute Gasteiger partial charge is 0.0825 e. The van der Waals surface area contributed by atoms with Gasteiger partial charge in [0.2, 0.25) is 0 Å². The zero-order chi connectivity index (χ0) is 19.3. The summed E-state index contributed by atoms with van der Waals surface area (Å²) in [6, 6.07) is 7.34. The van der Waals surface area contributed by atoms with Crippen LogP contribution in [0.1, 0.15) is 87.5 Å². The van der Waals surface area contributed by atoms with Gasteiger partial charge in [0.15, 0.2) is 0 Å². The molecule has 3 fully saturated rings. The Bertz CT molecular complexity index is 760. The van der Waals surface area contributed by atoms with Crippen molar-refractivity contribution in [3.8, 4) is 0 Å². The third-order valence-electron chi connectivity index (χ3n) is 8.84. The van der Waals surface area contributed by atoms with Gasteiger partial charge in [0.05, 0.1) is 12.7 Å². The van der Waals surface area contributed by atoms with Crippen molar-refractivity contribution >= 4 is 0 Å². The Balaban J connectivity index is 1.45. The molecule has 1 aromatic rings. The van der Waals surface area contributed by atoms with Gasteiger partial charge in [0.25, 0.3) is 0 Å². The fourth-order valence-electron chi connectivity index (χ4n) is 7.50. The normalized spacial score (nSPS) is 41.4. The molecule has 0 amide bonds. The van der Waals surface area contributed by atoms with Gasteiger partial charge in [-0.05, 0) is 97.1 Å². The van der Waals surface area contributed by atoms with Crippen molar-refractivity contribution in [2.45, 2.75) is 77.2 Å². The molecule has 0 spiro atoms. The van der Waals surface area contributed by atoms with E-state index in [-0.39, 0.29) is 6.61 Å². The van der Waals surface area contributed by atoms with Crippen LogP contribution < -0.4 is 0 Å². The van der Waals surface area contributed by atoms with Crippen LogP contribution in [-0.2, 0) is 11.2 Å². The summed E-state index contributed by atoms with van der Waals surface area (Å²) in [5.41, 5.74) is 6.53. The Hall–Kier alpha value is -1.12. The molecule has 5 rings (SSSR count). The standard InChI is InChI=1S/C26H36O2/c1-17-15-19-16-18(24-5-3-4-14-28-24)6-8-21(19)22-10-12-26(2)20(11-13-27)7-9-23(26)25(17)22/h6,8,11,16-17,22-25,27H,3-5,7,9-10,12-15H2,1-2H3/t17-,22?,23?,24?,25?,26?/m1/s1. The lowest BCUT2D eigenvalue weighted by atomic mass is 9.52. The second-order valence-corrected chi connectivity index (χ2v) is 10.2. The molecule has 152 valence electrons. The summed E-state index contributed by atoms with van der Waals surface area (Å²) in [4.78, 5) is 0. The van der Waals surface area contributed by atoms with Crippen LogP contribution in [0.3, 0.4) is 0 Å². The van der Waals surface area contributed by atoms with Crippen molar-refractivity contribution in [3.05, 3.63) is 46.5 Å². The maximum Gasteiger partial charge on any atom is 0.0825 e. The minimum absolute atomic E-state index is 0.205. The van der Waals surface area contributed by atoms with Crippen molar-refractivity contribution in [2.75, 3.05) is 13.2 Å². The quantitative estimate of drug-likeness (QED) is 0.643. The van der Waals surface area contributed by atoms with Crippen molar-refractivity contribution < 1.29 is 9.84 Å². The Morgan fingerprint density at radius 2 is 2.11 bits per heavy atom. The van der Waals surface area contributed by atoms with Crippen LogP contribution in [0, 0.1) is 23.2 Å². The van der Waals surface area contributed by atoms with E-state index in [4.69, 9.17) is 4.74 Å². The summed E-state index contributed by atoms with van der Waals surface area (Å²) in [5.74, 6) is 3.06. The van der Waals surface area contributed by atoms with E-state index < -0.39 is 0 Å². The third-order valence-corrected chi connectivity index (χ3v) is 8.84. The highest BCUT2D eigenvalue weighted by atomic mass is 16.5. The van der Waals surface area contributed by atoms with E-state index in [0.29, 0.717) is 11.5 Å². The molecule has 0 aromatic heterocycles. The molecule has 6 atom stereocenters. The lowest BCUT2D eigenvalue weighted by Crippen LogP contribution is -2.43. The topological polar surface area (TPSA) is 29.5 Å². The number of fused-ring (bicyclic) bond motifs is 5. The Kier molecular flexibility index (Phi) is 4.92. The summed E-state index contributed by atoms with van der Waals surface area (Å²) in [6.07, 6.45) is 12.5. The van der Waals surface area contributed by atoms with Crippen LogP contribution in [-0.4, -0.2) is 18.3 Å². The van der Waals surface area contributed by atoms with Crippen molar-refractivity contribution in [1.29, 1.82) is 0 Å². The Morgan fingerprint density at radius 1 is 1.21 bits per heavy atom. The average Bonchev–Trinajstić information content (AvgIpc) is 3.05. The average molecular weight is 381 g/mol. The monoisotopic (exact) mass is 380 g/mol. The van der Waals surface area contributed by atoms with Gasteiger partial charge in [-0.2, -0.15) is 0 Å². The maximum absolute atomic E-state index is 9.49. The zero-order valence-corrected chi connectivity index (χ0v) is 17.6. The summed E-state index contributed by atoms with van der Waals surface area (Å²) in [7, 11) is 0. The van der Waals surface area contributed by atoms with E-state index in [1.54, 1.807) is 16.7 Å². The molecule has 28 heavy (non-hydrogen) atoms. The van der Waals surface area contributed by atoms with Gasteiger partial charge in [-0.1, -0.05) is 43.7 Å². The van der Waals surface area contributed by atoms with Crippen LogP contribution in [0.25, 0.3) is 0 Å². The highest BCUT2D eigenvalue weighted by Gasteiger charge is 2.54. The number of allylic oxidation sites excluding steroid dienone is 1. The first kappa shape index (κ1) is 18.9. The maximum atomic E-state index is 9.49. The number of rotatable bonds is 2. The molecule has 5 unspecified atom stereocenters. The SMILES string of the molecule is C[C@@H]1Cc2cc(C3CCCCO3)ccc2C2CCC3(C)C(=CCO)CCC3C21. The Labute approximate surface area is 170 Å². The molecule has 2 saturated carbocycles. The lowest BCUT2D eigenvalue weighted by Gasteiger charge is -2.52. The second kappa shape index (κ2) is 7.29. The molecule has 0 bridgehead atoms. The number of aliphatic hydroxyl groups excluding tert-OH is 1. The highest BCUT2D eigenvalue weighted by Crippen LogP contribution is 2.63. The van der Waals surface area contributed by atoms with E-state index in [9.17, 15) is 5.11 Å². The van der Waals surface area contributed by atoms with Gasteiger partial charge >= 0.3 is 0 Å². The zero-order valence-electron chi connectivity index (χ0n) is 17.6. The Morgan fingerprint density at radius 3 is 2.89 bits per heavy atom. The first-order valence-corrected chi connectivity index (χ1v) is 11.7. The van der Waals surface area contributed by atoms with E-state index in [2.05, 4.69) is 38.1 Å². The fourth-order valence-corrected chi connectivity index (χ4v) is 7.50. The molecule has 1 aromatic carbocycles. The molecular formula is C26H36O2. The van der Waals surface area contributed by atoms with Gasteiger partial charge in [-0.25, -0.2) is 0 Å². The predicted octanol–water partition coefficient (Wildman–Crippen LogP) is 5.95. The van der Waals surface area contributed by atoms with Crippen LogP contribution in [0.15, 0.2) is 29.8 Å². The number of benzene rings is 1. The van der Waals surface area contributed by atoms with Crippen LogP contribution in [0.2, 0.25) is 0 Å². The minimum atomic E-state index is 0.205. The molecular weight excluding hydrogens is 344 g/mol. The van der Waals surface area contributed by atoms with Gasteiger partial charge < -0.3 is 9.84 Å². The molecule has 0 radical (unpaired) electrons. The molecule has 3 aliphatic carbocycles. The molecule has 1 N–H and O–H groups in total. The predicted molar refractivity (Wildman–Crippen MR) is 113 cm³/mol. The van der Waals surface area contributed by atoms with Crippen molar-refractivity contribution in [3.63, 3.8) is 0 Å². The van der Waals surface area contributed by atoms with Crippen molar-refractivity contribution in [2.24, 2.45) is 23.2 Å². The molecule has 2 heteroatoms. The number of ether oxygens (including phenoxy) is 1. The number of aliphatic hydroxyl groups is 1.